The third-order valence-electron chi connectivity index (χ3n) is 4.51. The number of aromatic nitrogens is 1. The average Bonchev–Trinajstić information content (AvgIpc) is 2.65. The Morgan fingerprint density at radius 3 is 2.61 bits per heavy atom. The normalized spacial score (nSPS) is 11.5. The van der Waals surface area contributed by atoms with Gasteiger partial charge in [0.05, 0.1) is 12.6 Å². The van der Waals surface area contributed by atoms with Crippen molar-refractivity contribution in [3.05, 3.63) is 63.8 Å². The van der Waals surface area contributed by atoms with Crippen LogP contribution in [-0.2, 0) is 12.0 Å². The Hall–Kier alpha value is -2.60. The Morgan fingerprint density at radius 2 is 1.93 bits per heavy atom. The second kappa shape index (κ2) is 7.80. The van der Waals surface area contributed by atoms with Gasteiger partial charge in [-0.25, -0.2) is 0 Å². The first kappa shape index (κ1) is 20.1. The van der Waals surface area contributed by atoms with E-state index >= 15 is 0 Å². The third-order valence-corrected chi connectivity index (χ3v) is 5.25. The Bertz CT molecular complexity index is 1040. The van der Waals surface area contributed by atoms with E-state index in [1.807, 2.05) is 24.3 Å². The van der Waals surface area contributed by atoms with Crippen LogP contribution in [0.25, 0.3) is 10.9 Å². The summed E-state index contributed by atoms with van der Waals surface area (Å²) in [6, 6.07) is 12.7. The van der Waals surface area contributed by atoms with Crippen LogP contribution < -0.4 is 10.1 Å². The van der Waals surface area contributed by atoms with Crippen LogP contribution in [0.1, 0.15) is 42.4 Å². The fourth-order valence-electron chi connectivity index (χ4n) is 2.85. The number of hydrogen-bond donors (Lipinski definition) is 2. The van der Waals surface area contributed by atoms with Crippen LogP contribution in [0.4, 0.5) is 0 Å². The minimum atomic E-state index is -0.180. The smallest absolute Gasteiger partial charge is 0.251 e. The largest absolute Gasteiger partial charge is 0.504 e. The van der Waals surface area contributed by atoms with Crippen LogP contribution in [0.2, 0.25) is 0 Å². The maximum absolute atomic E-state index is 12.6. The summed E-state index contributed by atoms with van der Waals surface area (Å²) in [5.41, 5.74) is 3.24. The van der Waals surface area contributed by atoms with E-state index in [2.05, 4.69) is 42.0 Å². The highest BCUT2D eigenvalue weighted by Gasteiger charge is 2.16. The first-order valence-electron chi connectivity index (χ1n) is 8.94. The molecule has 3 aromatic rings. The maximum atomic E-state index is 12.6. The van der Waals surface area contributed by atoms with Gasteiger partial charge in [-0.2, -0.15) is 0 Å². The minimum Gasteiger partial charge on any atom is -0.504 e. The molecular formula is C22H23BrN2O3. The fourth-order valence-corrected chi connectivity index (χ4v) is 3.32. The van der Waals surface area contributed by atoms with Gasteiger partial charge in [-0.05, 0) is 42.0 Å². The number of fused-ring (bicyclic) bond motifs is 1. The van der Waals surface area contributed by atoms with E-state index in [-0.39, 0.29) is 17.1 Å². The Morgan fingerprint density at radius 1 is 1.18 bits per heavy atom. The molecule has 0 atom stereocenters. The predicted octanol–water partition coefficient (Wildman–Crippen LogP) is 4.94. The number of methoxy groups -OCH3 is 1. The second-order valence-electron chi connectivity index (χ2n) is 7.65. The molecule has 0 aliphatic rings. The molecule has 6 heteroatoms. The van der Waals surface area contributed by atoms with Gasteiger partial charge in [-0.1, -0.05) is 42.8 Å². The number of ether oxygens (including phenoxy) is 1. The number of aromatic hydroxyl groups is 1. The van der Waals surface area contributed by atoms with Crippen molar-refractivity contribution in [1.82, 2.24) is 10.3 Å². The summed E-state index contributed by atoms with van der Waals surface area (Å²) < 4.78 is 5.82. The Balaban J connectivity index is 1.78. The van der Waals surface area contributed by atoms with Crippen LogP contribution in [0.15, 0.2) is 46.9 Å². The molecule has 5 nitrogen and oxygen atoms in total. The quantitative estimate of drug-likeness (QED) is 0.600. The van der Waals surface area contributed by atoms with E-state index in [1.54, 1.807) is 18.2 Å². The third kappa shape index (κ3) is 4.28. The number of hydrogen-bond acceptors (Lipinski definition) is 4. The monoisotopic (exact) mass is 442 g/mol. The summed E-state index contributed by atoms with van der Waals surface area (Å²) in [4.78, 5) is 17.3. The van der Waals surface area contributed by atoms with E-state index in [9.17, 15) is 9.90 Å². The highest BCUT2D eigenvalue weighted by molar-refractivity contribution is 9.10. The molecule has 0 spiro atoms. The Labute approximate surface area is 172 Å². The first-order chi connectivity index (χ1) is 13.2. The highest BCUT2D eigenvalue weighted by Crippen LogP contribution is 2.32. The standard InChI is InChI=1S/C22H23BrN2O3/c1-22(2,3)20-8-6-13-9-14(5-7-17(13)25-20)21(27)24-12-15-10-19(28-4)18(26)11-16(15)23/h5-11,26H,12H2,1-4H3,(H,24,27). The van der Waals surface area contributed by atoms with Crippen molar-refractivity contribution in [1.29, 1.82) is 0 Å². The number of carbonyl (C=O) groups excluding carboxylic acids is 1. The number of benzene rings is 2. The molecule has 0 fully saturated rings. The second-order valence-corrected chi connectivity index (χ2v) is 8.51. The van der Waals surface area contributed by atoms with Crippen LogP contribution in [0.5, 0.6) is 11.5 Å². The molecule has 146 valence electrons. The minimum absolute atomic E-state index is 0.0250. The van der Waals surface area contributed by atoms with E-state index in [1.165, 1.54) is 7.11 Å². The lowest BCUT2D eigenvalue weighted by Crippen LogP contribution is -2.23. The van der Waals surface area contributed by atoms with Crippen LogP contribution >= 0.6 is 15.9 Å². The molecule has 2 N–H and O–H groups in total. The summed E-state index contributed by atoms with van der Waals surface area (Å²) in [6.07, 6.45) is 0. The van der Waals surface area contributed by atoms with Gasteiger partial charge < -0.3 is 15.2 Å². The lowest BCUT2D eigenvalue weighted by molar-refractivity contribution is 0.0951. The number of nitrogens with zero attached hydrogens (tertiary/aromatic N) is 1. The molecule has 2 aromatic carbocycles. The summed E-state index contributed by atoms with van der Waals surface area (Å²) >= 11 is 3.40. The molecule has 0 saturated carbocycles. The number of rotatable bonds is 4. The predicted molar refractivity (Wildman–Crippen MR) is 114 cm³/mol. The summed E-state index contributed by atoms with van der Waals surface area (Å²) in [7, 11) is 1.49. The lowest BCUT2D eigenvalue weighted by atomic mass is 9.91. The van der Waals surface area contributed by atoms with Crippen molar-refractivity contribution in [2.75, 3.05) is 7.11 Å². The zero-order valence-corrected chi connectivity index (χ0v) is 17.9. The van der Waals surface area contributed by atoms with Crippen molar-refractivity contribution < 1.29 is 14.6 Å². The lowest BCUT2D eigenvalue weighted by Gasteiger charge is -2.18. The first-order valence-corrected chi connectivity index (χ1v) is 9.73. The van der Waals surface area contributed by atoms with Gasteiger partial charge in [-0.3, -0.25) is 9.78 Å². The number of phenolic OH excluding ortho intramolecular Hbond substituents is 1. The molecule has 28 heavy (non-hydrogen) atoms. The molecular weight excluding hydrogens is 420 g/mol. The van der Waals surface area contributed by atoms with E-state index in [0.29, 0.717) is 22.3 Å². The SMILES string of the molecule is COc1cc(CNC(=O)c2ccc3nc(C(C)(C)C)ccc3c2)c(Br)cc1O. The van der Waals surface area contributed by atoms with Crippen LogP contribution in [-0.4, -0.2) is 23.1 Å². The van der Waals surface area contributed by atoms with Gasteiger partial charge in [0.1, 0.15) is 0 Å². The molecule has 1 aromatic heterocycles. The van der Waals surface area contributed by atoms with Crippen LogP contribution in [0, 0.1) is 0 Å². The molecule has 1 heterocycles. The molecule has 0 bridgehead atoms. The van der Waals surface area contributed by atoms with Gasteiger partial charge in [0.2, 0.25) is 0 Å². The van der Waals surface area contributed by atoms with Gasteiger partial charge in [0, 0.05) is 33.1 Å². The maximum Gasteiger partial charge on any atom is 0.251 e. The number of nitrogens with one attached hydrogen (secondary N) is 1. The molecule has 1 amide bonds. The van der Waals surface area contributed by atoms with Crippen LogP contribution in [0.3, 0.4) is 0 Å². The fraction of sp³-hybridized carbons (Fsp3) is 0.273. The average molecular weight is 443 g/mol. The number of amides is 1. The topological polar surface area (TPSA) is 71.5 Å². The molecule has 3 rings (SSSR count). The van der Waals surface area contributed by atoms with Gasteiger partial charge >= 0.3 is 0 Å². The van der Waals surface area contributed by atoms with Crippen molar-refractivity contribution in [2.45, 2.75) is 32.7 Å². The van der Waals surface area contributed by atoms with Crippen molar-refractivity contribution >= 4 is 32.7 Å². The summed E-state index contributed by atoms with van der Waals surface area (Å²) in [6.45, 7) is 6.67. The highest BCUT2D eigenvalue weighted by atomic mass is 79.9. The molecule has 0 aliphatic heterocycles. The molecule has 0 aliphatic carbocycles. The van der Waals surface area contributed by atoms with Gasteiger partial charge in [-0.15, -0.1) is 0 Å². The Kier molecular flexibility index (Phi) is 5.61. The van der Waals surface area contributed by atoms with Crippen molar-refractivity contribution in [2.24, 2.45) is 0 Å². The van der Waals surface area contributed by atoms with Gasteiger partial charge in [0.25, 0.3) is 5.91 Å². The summed E-state index contributed by atoms with van der Waals surface area (Å²) in [5.74, 6) is 0.223. The number of phenols is 1. The van der Waals surface area contributed by atoms with E-state index < -0.39 is 0 Å². The zero-order chi connectivity index (χ0) is 20.5. The zero-order valence-electron chi connectivity index (χ0n) is 16.3. The molecule has 0 saturated heterocycles. The van der Waals surface area contributed by atoms with Crippen molar-refractivity contribution in [3.63, 3.8) is 0 Å². The van der Waals surface area contributed by atoms with Gasteiger partial charge in [0.15, 0.2) is 11.5 Å². The number of carbonyl (C=O) groups is 1. The number of pyridine rings is 1. The number of halogens is 1. The van der Waals surface area contributed by atoms with Crippen molar-refractivity contribution in [3.8, 4) is 11.5 Å². The summed E-state index contributed by atoms with van der Waals surface area (Å²) in [5, 5.41) is 13.6. The molecule has 0 radical (unpaired) electrons. The molecule has 0 unspecified atom stereocenters. The van der Waals surface area contributed by atoms with E-state index in [4.69, 9.17) is 9.72 Å². The van der Waals surface area contributed by atoms with E-state index in [0.717, 1.165) is 22.2 Å².